The zero-order valence-electron chi connectivity index (χ0n) is 18.5. The van der Waals surface area contributed by atoms with Gasteiger partial charge >= 0.3 is 0 Å². The van der Waals surface area contributed by atoms with Crippen LogP contribution in [0, 0.1) is 23.6 Å². The summed E-state index contributed by atoms with van der Waals surface area (Å²) >= 11 is 0. The van der Waals surface area contributed by atoms with Gasteiger partial charge < -0.3 is 0 Å². The minimum Gasteiger partial charge on any atom is -0.206 e. The van der Waals surface area contributed by atoms with Gasteiger partial charge in [-0.1, -0.05) is 61.6 Å². The van der Waals surface area contributed by atoms with Gasteiger partial charge in [-0.3, -0.25) is 0 Å². The van der Waals surface area contributed by atoms with Crippen molar-refractivity contribution in [2.45, 2.75) is 57.8 Å². The molecule has 0 atom stereocenters. The zero-order chi connectivity index (χ0) is 21.6. The molecule has 1 fully saturated rings. The van der Waals surface area contributed by atoms with E-state index in [1.54, 1.807) is 0 Å². The van der Waals surface area contributed by atoms with Crippen molar-refractivity contribution in [1.82, 2.24) is 0 Å². The van der Waals surface area contributed by atoms with Gasteiger partial charge in [-0.25, -0.2) is 4.39 Å². The standard InChI is InChI=1S/C30H31F/c1-3-5-6-23-7-9-24(10-8-23)11-12-25-15-19-29-27(21-25)18-20-28(30(29)31)26-16-13-22(4-2)14-17-26/h3,7-10,15,18-22,26H,1,4-6,13-14,16-17H2,2H3. The Balaban J connectivity index is 1.52. The molecule has 0 unspecified atom stereocenters. The van der Waals surface area contributed by atoms with Crippen LogP contribution in [0.25, 0.3) is 10.8 Å². The summed E-state index contributed by atoms with van der Waals surface area (Å²) in [5.41, 5.74) is 4.11. The first-order valence-corrected chi connectivity index (χ1v) is 11.6. The quantitative estimate of drug-likeness (QED) is 0.294. The largest absolute Gasteiger partial charge is 0.206 e. The Morgan fingerprint density at radius 2 is 1.65 bits per heavy atom. The predicted octanol–water partition coefficient (Wildman–Crippen LogP) is 8.18. The summed E-state index contributed by atoms with van der Waals surface area (Å²) in [6.45, 7) is 6.04. The smallest absolute Gasteiger partial charge is 0.134 e. The highest BCUT2D eigenvalue weighted by Crippen LogP contribution is 2.39. The van der Waals surface area contributed by atoms with E-state index in [9.17, 15) is 0 Å². The summed E-state index contributed by atoms with van der Waals surface area (Å²) < 4.78 is 15.3. The number of hydrogen-bond donors (Lipinski definition) is 0. The first kappa shape index (κ1) is 21.4. The Kier molecular flexibility index (Phi) is 6.88. The lowest BCUT2D eigenvalue weighted by Gasteiger charge is -2.28. The van der Waals surface area contributed by atoms with Crippen molar-refractivity contribution in [3.05, 3.63) is 95.3 Å². The molecular formula is C30H31F. The van der Waals surface area contributed by atoms with E-state index in [0.717, 1.165) is 53.7 Å². The van der Waals surface area contributed by atoms with Crippen LogP contribution in [0.5, 0.6) is 0 Å². The van der Waals surface area contributed by atoms with Crippen LogP contribution in [0.1, 0.15) is 73.6 Å². The van der Waals surface area contributed by atoms with E-state index in [1.165, 1.54) is 24.8 Å². The van der Waals surface area contributed by atoms with E-state index in [-0.39, 0.29) is 5.82 Å². The van der Waals surface area contributed by atoms with Crippen LogP contribution in [-0.2, 0) is 6.42 Å². The molecular weight excluding hydrogens is 379 g/mol. The van der Waals surface area contributed by atoms with Gasteiger partial charge in [0.2, 0.25) is 0 Å². The third kappa shape index (κ3) is 5.08. The maximum absolute atomic E-state index is 15.3. The van der Waals surface area contributed by atoms with Crippen molar-refractivity contribution < 1.29 is 4.39 Å². The van der Waals surface area contributed by atoms with Gasteiger partial charge in [-0.2, -0.15) is 0 Å². The number of benzene rings is 3. The molecule has 1 heteroatoms. The third-order valence-corrected chi connectivity index (χ3v) is 6.79. The number of hydrogen-bond acceptors (Lipinski definition) is 0. The maximum Gasteiger partial charge on any atom is 0.134 e. The molecule has 0 nitrogen and oxygen atoms in total. The fourth-order valence-electron chi connectivity index (χ4n) is 4.75. The molecule has 0 aliphatic heterocycles. The molecule has 1 saturated carbocycles. The molecule has 0 amide bonds. The monoisotopic (exact) mass is 410 g/mol. The number of halogens is 1. The fourth-order valence-corrected chi connectivity index (χ4v) is 4.75. The molecule has 1 aliphatic carbocycles. The molecule has 0 spiro atoms. The molecule has 0 saturated heterocycles. The number of fused-ring (bicyclic) bond motifs is 1. The molecule has 4 rings (SSSR count). The van der Waals surface area contributed by atoms with E-state index in [0.29, 0.717) is 11.3 Å². The summed E-state index contributed by atoms with van der Waals surface area (Å²) in [4.78, 5) is 0. The van der Waals surface area contributed by atoms with Gasteiger partial charge in [-0.05, 0) is 91.1 Å². The second kappa shape index (κ2) is 9.97. The van der Waals surface area contributed by atoms with Crippen molar-refractivity contribution in [2.24, 2.45) is 5.92 Å². The number of allylic oxidation sites excluding steroid dienone is 1. The van der Waals surface area contributed by atoms with E-state index >= 15 is 4.39 Å². The van der Waals surface area contributed by atoms with E-state index < -0.39 is 0 Å². The summed E-state index contributed by atoms with van der Waals surface area (Å²) in [5.74, 6) is 7.62. The van der Waals surface area contributed by atoms with E-state index in [1.807, 2.05) is 30.3 Å². The van der Waals surface area contributed by atoms with Crippen LogP contribution in [0.4, 0.5) is 4.39 Å². The average Bonchev–Trinajstić information content (AvgIpc) is 2.82. The molecule has 0 radical (unpaired) electrons. The van der Waals surface area contributed by atoms with Gasteiger partial charge in [0.05, 0.1) is 0 Å². The third-order valence-electron chi connectivity index (χ3n) is 6.79. The lowest BCUT2D eigenvalue weighted by molar-refractivity contribution is 0.315. The minimum atomic E-state index is -0.0351. The average molecular weight is 411 g/mol. The second-order valence-corrected chi connectivity index (χ2v) is 8.80. The summed E-state index contributed by atoms with van der Waals surface area (Å²) in [5, 5.41) is 1.64. The SMILES string of the molecule is C=CCCc1ccc(C#Cc2ccc3c(F)c(C4CCC(CC)CC4)ccc3c2)cc1. The summed E-state index contributed by atoms with van der Waals surface area (Å²) in [6.07, 6.45) is 9.85. The molecule has 1 aliphatic rings. The Labute approximate surface area is 186 Å². The van der Waals surface area contributed by atoms with E-state index in [4.69, 9.17) is 0 Å². The molecule has 0 heterocycles. The van der Waals surface area contributed by atoms with Crippen molar-refractivity contribution in [3.8, 4) is 11.8 Å². The van der Waals surface area contributed by atoms with Crippen LogP contribution >= 0.6 is 0 Å². The Morgan fingerprint density at radius 1 is 0.935 bits per heavy atom. The molecule has 0 N–H and O–H groups in total. The highest BCUT2D eigenvalue weighted by atomic mass is 19.1. The van der Waals surface area contributed by atoms with Gasteiger partial charge in [0.15, 0.2) is 0 Å². The van der Waals surface area contributed by atoms with E-state index in [2.05, 4.69) is 55.7 Å². The Bertz CT molecular complexity index is 1100. The maximum atomic E-state index is 15.3. The van der Waals surface area contributed by atoms with Crippen molar-refractivity contribution in [3.63, 3.8) is 0 Å². The zero-order valence-corrected chi connectivity index (χ0v) is 18.5. The van der Waals surface area contributed by atoms with Gasteiger partial charge in [0, 0.05) is 16.5 Å². The van der Waals surface area contributed by atoms with Crippen LogP contribution in [0.3, 0.4) is 0 Å². The van der Waals surface area contributed by atoms with Crippen molar-refractivity contribution in [2.75, 3.05) is 0 Å². The van der Waals surface area contributed by atoms with Gasteiger partial charge in [0.25, 0.3) is 0 Å². The lowest BCUT2D eigenvalue weighted by atomic mass is 9.77. The van der Waals surface area contributed by atoms with Gasteiger partial charge in [0.1, 0.15) is 5.82 Å². The first-order chi connectivity index (χ1) is 15.2. The van der Waals surface area contributed by atoms with Crippen molar-refractivity contribution in [1.29, 1.82) is 0 Å². The number of aryl methyl sites for hydroxylation is 1. The normalized spacial score (nSPS) is 18.4. The first-order valence-electron chi connectivity index (χ1n) is 11.6. The van der Waals surface area contributed by atoms with Crippen LogP contribution in [0.2, 0.25) is 0 Å². The molecule has 3 aromatic rings. The van der Waals surface area contributed by atoms with Crippen LogP contribution in [-0.4, -0.2) is 0 Å². The molecule has 0 aromatic heterocycles. The number of rotatable bonds is 5. The van der Waals surface area contributed by atoms with Crippen molar-refractivity contribution >= 4 is 10.8 Å². The minimum absolute atomic E-state index is 0.0351. The lowest BCUT2D eigenvalue weighted by Crippen LogP contribution is -2.13. The molecule has 0 bridgehead atoms. The van der Waals surface area contributed by atoms with Crippen LogP contribution < -0.4 is 0 Å². The Morgan fingerprint density at radius 3 is 2.35 bits per heavy atom. The predicted molar refractivity (Wildman–Crippen MR) is 130 cm³/mol. The van der Waals surface area contributed by atoms with Gasteiger partial charge in [-0.15, -0.1) is 6.58 Å². The topological polar surface area (TPSA) is 0 Å². The highest BCUT2D eigenvalue weighted by Gasteiger charge is 2.24. The van der Waals surface area contributed by atoms with Crippen LogP contribution in [0.15, 0.2) is 67.3 Å². The highest BCUT2D eigenvalue weighted by molar-refractivity contribution is 5.85. The Hall–Kier alpha value is -2.85. The molecule has 31 heavy (non-hydrogen) atoms. The summed E-state index contributed by atoms with van der Waals surface area (Å²) in [7, 11) is 0. The fraction of sp³-hybridized carbons (Fsp3) is 0.333. The molecule has 3 aromatic carbocycles. The second-order valence-electron chi connectivity index (χ2n) is 8.80. The summed E-state index contributed by atoms with van der Waals surface area (Å²) in [6, 6.07) is 18.3. The molecule has 158 valence electrons.